The fourth-order valence-electron chi connectivity index (χ4n) is 2.50. The first-order valence-corrected chi connectivity index (χ1v) is 8.75. The zero-order valence-electron chi connectivity index (χ0n) is 13.7. The van der Waals surface area contributed by atoms with Gasteiger partial charge in [-0.2, -0.15) is 5.10 Å². The molecule has 0 aliphatic carbocycles. The molecule has 0 aliphatic rings. The molecule has 1 heterocycles. The molecule has 0 saturated heterocycles. The van der Waals surface area contributed by atoms with Crippen molar-refractivity contribution in [3.8, 4) is 5.75 Å². The van der Waals surface area contributed by atoms with Crippen LogP contribution in [0.5, 0.6) is 5.75 Å². The molecule has 0 radical (unpaired) electrons. The van der Waals surface area contributed by atoms with Gasteiger partial charge in [0, 0.05) is 30.4 Å². The highest BCUT2D eigenvalue weighted by Crippen LogP contribution is 2.26. The summed E-state index contributed by atoms with van der Waals surface area (Å²) >= 11 is 1.54. The third-order valence-electron chi connectivity index (χ3n) is 3.80. The molecule has 5 nitrogen and oxygen atoms in total. The summed E-state index contributed by atoms with van der Waals surface area (Å²) in [5.74, 6) is 0.217. The summed E-state index contributed by atoms with van der Waals surface area (Å²) in [6.45, 7) is 6.00. The molecule has 0 bridgehead atoms. The van der Waals surface area contributed by atoms with Crippen molar-refractivity contribution in [3.63, 3.8) is 0 Å². The van der Waals surface area contributed by atoms with Crippen LogP contribution in [0.4, 0.5) is 10.8 Å². The number of hydrazone groups is 1. The molecule has 0 spiro atoms. The van der Waals surface area contributed by atoms with Crippen LogP contribution in [0.1, 0.15) is 19.4 Å². The van der Waals surface area contributed by atoms with Crippen molar-refractivity contribution in [1.82, 2.24) is 4.98 Å². The van der Waals surface area contributed by atoms with E-state index in [0.717, 1.165) is 34.1 Å². The van der Waals surface area contributed by atoms with Crippen molar-refractivity contribution < 1.29 is 5.11 Å². The van der Waals surface area contributed by atoms with Crippen LogP contribution in [-0.4, -0.2) is 29.4 Å². The van der Waals surface area contributed by atoms with E-state index < -0.39 is 0 Å². The van der Waals surface area contributed by atoms with E-state index in [2.05, 4.69) is 34.3 Å². The van der Waals surface area contributed by atoms with E-state index in [-0.39, 0.29) is 5.75 Å². The summed E-state index contributed by atoms with van der Waals surface area (Å²) in [6.07, 6.45) is 1.60. The van der Waals surface area contributed by atoms with Gasteiger partial charge in [0.25, 0.3) is 0 Å². The summed E-state index contributed by atoms with van der Waals surface area (Å²) in [4.78, 5) is 6.63. The fraction of sp³-hybridized carbons (Fsp3) is 0.222. The second kappa shape index (κ2) is 7.31. The minimum Gasteiger partial charge on any atom is -0.507 e. The minimum absolute atomic E-state index is 0.217. The summed E-state index contributed by atoms with van der Waals surface area (Å²) in [7, 11) is 0. The molecule has 0 saturated carbocycles. The van der Waals surface area contributed by atoms with Gasteiger partial charge in [-0.3, -0.25) is 5.43 Å². The zero-order chi connectivity index (χ0) is 16.9. The number of nitrogens with zero attached hydrogens (tertiary/aromatic N) is 3. The molecule has 2 aromatic carbocycles. The smallest absolute Gasteiger partial charge is 0.204 e. The largest absolute Gasteiger partial charge is 0.507 e. The van der Waals surface area contributed by atoms with Crippen molar-refractivity contribution in [2.24, 2.45) is 5.10 Å². The van der Waals surface area contributed by atoms with Crippen LogP contribution in [0.15, 0.2) is 47.6 Å². The summed E-state index contributed by atoms with van der Waals surface area (Å²) in [5.41, 5.74) is 5.55. The molecule has 3 rings (SSSR count). The standard InChI is InChI=1S/C18H20N4OS/c1-3-22(4-2)14-10-9-13(16(23)11-14)12-19-21-18-20-15-7-5-6-8-17(15)24-18/h5-12,23H,3-4H2,1-2H3,(H,20,21)/b19-12+. The Kier molecular flexibility index (Phi) is 4.96. The molecule has 2 N–H and O–H groups in total. The van der Waals surface area contributed by atoms with Gasteiger partial charge in [-0.25, -0.2) is 4.98 Å². The number of phenolic OH excluding ortho intramolecular Hbond substituents is 1. The number of anilines is 2. The number of thiazole rings is 1. The quantitative estimate of drug-likeness (QED) is 0.519. The Balaban J connectivity index is 1.72. The maximum Gasteiger partial charge on any atom is 0.204 e. The lowest BCUT2D eigenvalue weighted by Gasteiger charge is -2.21. The monoisotopic (exact) mass is 340 g/mol. The zero-order valence-corrected chi connectivity index (χ0v) is 14.5. The molecular weight excluding hydrogens is 320 g/mol. The van der Waals surface area contributed by atoms with Gasteiger partial charge in [0.2, 0.25) is 5.13 Å². The Hall–Kier alpha value is -2.60. The van der Waals surface area contributed by atoms with Crippen LogP contribution in [0.25, 0.3) is 10.2 Å². The third-order valence-corrected chi connectivity index (χ3v) is 4.74. The molecule has 0 unspecified atom stereocenters. The number of para-hydroxylation sites is 1. The molecule has 1 aromatic heterocycles. The van der Waals surface area contributed by atoms with Crippen molar-refractivity contribution in [2.75, 3.05) is 23.4 Å². The third kappa shape index (κ3) is 3.49. The number of hydrogen-bond acceptors (Lipinski definition) is 6. The van der Waals surface area contributed by atoms with E-state index in [1.165, 1.54) is 0 Å². The molecular formula is C18H20N4OS. The minimum atomic E-state index is 0.217. The van der Waals surface area contributed by atoms with Crippen LogP contribution < -0.4 is 10.3 Å². The Labute approximate surface area is 145 Å². The van der Waals surface area contributed by atoms with E-state index in [1.54, 1.807) is 23.6 Å². The first kappa shape index (κ1) is 16.3. The highest BCUT2D eigenvalue weighted by atomic mass is 32.1. The molecule has 3 aromatic rings. The number of fused-ring (bicyclic) bond motifs is 1. The van der Waals surface area contributed by atoms with Crippen LogP contribution >= 0.6 is 11.3 Å². The maximum atomic E-state index is 10.2. The van der Waals surface area contributed by atoms with Gasteiger partial charge in [-0.05, 0) is 38.1 Å². The number of hydrogen-bond donors (Lipinski definition) is 2. The second-order valence-corrected chi connectivity index (χ2v) is 6.30. The van der Waals surface area contributed by atoms with E-state index in [1.807, 2.05) is 36.4 Å². The SMILES string of the molecule is CCN(CC)c1ccc(/C=N/Nc2nc3ccccc3s2)c(O)c1. The number of aromatic hydroxyl groups is 1. The van der Waals surface area contributed by atoms with E-state index in [0.29, 0.717) is 5.56 Å². The van der Waals surface area contributed by atoms with E-state index >= 15 is 0 Å². The van der Waals surface area contributed by atoms with Gasteiger partial charge in [-0.1, -0.05) is 23.5 Å². The molecule has 0 amide bonds. The van der Waals surface area contributed by atoms with Crippen LogP contribution in [0, 0.1) is 0 Å². The Morgan fingerprint density at radius 2 is 2.00 bits per heavy atom. The molecule has 6 heteroatoms. The van der Waals surface area contributed by atoms with Crippen LogP contribution in [0.3, 0.4) is 0 Å². The summed E-state index contributed by atoms with van der Waals surface area (Å²) in [6, 6.07) is 13.6. The maximum absolute atomic E-state index is 10.2. The average Bonchev–Trinajstić information content (AvgIpc) is 3.00. The highest BCUT2D eigenvalue weighted by molar-refractivity contribution is 7.22. The average molecular weight is 340 g/mol. The lowest BCUT2D eigenvalue weighted by molar-refractivity contribution is 0.474. The number of aromatic nitrogens is 1. The van der Waals surface area contributed by atoms with Gasteiger partial charge in [0.05, 0.1) is 16.4 Å². The number of rotatable bonds is 6. The van der Waals surface area contributed by atoms with Gasteiger partial charge >= 0.3 is 0 Å². The van der Waals surface area contributed by atoms with Crippen LogP contribution in [-0.2, 0) is 0 Å². The Bertz CT molecular complexity index is 822. The fourth-order valence-corrected chi connectivity index (χ4v) is 3.32. The molecule has 0 fully saturated rings. The van der Waals surface area contributed by atoms with Crippen molar-refractivity contribution in [3.05, 3.63) is 48.0 Å². The van der Waals surface area contributed by atoms with Gasteiger partial charge in [-0.15, -0.1) is 0 Å². The van der Waals surface area contributed by atoms with Gasteiger partial charge in [0.1, 0.15) is 5.75 Å². The summed E-state index contributed by atoms with van der Waals surface area (Å²) < 4.78 is 1.11. The van der Waals surface area contributed by atoms with Gasteiger partial charge in [0.15, 0.2) is 0 Å². The van der Waals surface area contributed by atoms with Gasteiger partial charge < -0.3 is 10.0 Å². The molecule has 124 valence electrons. The first-order chi connectivity index (χ1) is 11.7. The predicted octanol–water partition coefficient (Wildman–Crippen LogP) is 4.29. The molecule has 24 heavy (non-hydrogen) atoms. The Morgan fingerprint density at radius 1 is 1.21 bits per heavy atom. The number of benzene rings is 2. The van der Waals surface area contributed by atoms with Crippen molar-refractivity contribution >= 4 is 38.6 Å². The number of phenols is 1. The number of nitrogens with one attached hydrogen (secondary N) is 1. The Morgan fingerprint density at radius 3 is 2.71 bits per heavy atom. The molecule has 0 atom stereocenters. The lowest BCUT2D eigenvalue weighted by atomic mass is 10.2. The molecule has 0 aliphatic heterocycles. The van der Waals surface area contributed by atoms with E-state index in [9.17, 15) is 5.11 Å². The van der Waals surface area contributed by atoms with Crippen LogP contribution in [0.2, 0.25) is 0 Å². The normalized spacial score (nSPS) is 11.2. The topological polar surface area (TPSA) is 60.8 Å². The van der Waals surface area contributed by atoms with E-state index in [4.69, 9.17) is 0 Å². The predicted molar refractivity (Wildman–Crippen MR) is 103 cm³/mol. The highest BCUT2D eigenvalue weighted by Gasteiger charge is 2.06. The first-order valence-electron chi connectivity index (χ1n) is 7.94. The lowest BCUT2D eigenvalue weighted by Crippen LogP contribution is -2.21. The summed E-state index contributed by atoms with van der Waals surface area (Å²) in [5, 5.41) is 15.1. The second-order valence-electron chi connectivity index (χ2n) is 5.27. The van der Waals surface area contributed by atoms with Crippen molar-refractivity contribution in [1.29, 1.82) is 0 Å². The van der Waals surface area contributed by atoms with Crippen molar-refractivity contribution in [2.45, 2.75) is 13.8 Å².